The maximum atomic E-state index is 14.2. The zero-order valence-corrected chi connectivity index (χ0v) is 15.1. The molecule has 1 heterocycles. The van der Waals surface area contributed by atoms with Gasteiger partial charge < -0.3 is 0 Å². The number of halogens is 6. The Morgan fingerprint density at radius 1 is 0.885 bits per heavy atom. The third-order valence-electron chi connectivity index (χ3n) is 5.13. The molecule has 0 amide bonds. The molecule has 5 nitrogen and oxygen atoms in total. The van der Waals surface area contributed by atoms with Crippen LogP contribution in [-0.4, -0.2) is 56.9 Å². The van der Waals surface area contributed by atoms with Crippen LogP contribution in [0.25, 0.3) is 0 Å². The van der Waals surface area contributed by atoms with Crippen molar-refractivity contribution in [1.82, 2.24) is 4.31 Å². The van der Waals surface area contributed by atoms with E-state index in [0.717, 1.165) is 19.3 Å². The summed E-state index contributed by atoms with van der Waals surface area (Å²) in [7, 11) is -12.2. The van der Waals surface area contributed by atoms with Crippen LogP contribution >= 0.6 is 0 Å². The van der Waals surface area contributed by atoms with Crippen LogP contribution in [0.15, 0.2) is 0 Å². The molecule has 1 saturated heterocycles. The van der Waals surface area contributed by atoms with Crippen molar-refractivity contribution in [2.24, 2.45) is 11.8 Å². The van der Waals surface area contributed by atoms with Gasteiger partial charge in [-0.1, -0.05) is 19.3 Å². The smallest absolute Gasteiger partial charge is 0.281 e. The molecule has 0 aromatic carbocycles. The van der Waals surface area contributed by atoms with Crippen molar-refractivity contribution in [2.75, 3.05) is 13.1 Å². The average Bonchev–Trinajstić information content (AvgIpc) is 2.52. The lowest BCUT2D eigenvalue weighted by Crippen LogP contribution is -2.64. The number of piperidine rings is 1. The van der Waals surface area contributed by atoms with Crippen LogP contribution in [0.2, 0.25) is 0 Å². The van der Waals surface area contributed by atoms with E-state index in [4.69, 9.17) is 4.55 Å². The second-order valence-electron chi connectivity index (χ2n) is 6.70. The Bertz CT molecular complexity index is 753. The van der Waals surface area contributed by atoms with Gasteiger partial charge in [-0.25, -0.2) is 8.51 Å². The Kier molecular flexibility index (Phi) is 5.46. The SMILES string of the molecule is C=S(=O)(N1CC[C@H]2CCCC[C@H]2C1)C(F)(F)C(F)(F)C(F)(F)S(=O)(=O)O. The lowest BCUT2D eigenvalue weighted by molar-refractivity contribution is -0.245. The van der Waals surface area contributed by atoms with Crippen molar-refractivity contribution in [3.63, 3.8) is 0 Å². The molecule has 1 unspecified atom stereocenters. The standard InChI is InChI=1S/C13H19F6NO4S2/c1-25(21,20-7-6-9-4-2-3-5-10(9)8-20)12(16,17)11(14,15)13(18,19)26(22,23)24/h9-10H,1-8H2,(H,22,23,24)/t9-,10+,25?/m1/s1. The van der Waals surface area contributed by atoms with E-state index in [-0.39, 0.29) is 31.3 Å². The molecule has 1 saturated carbocycles. The minimum absolute atomic E-state index is 0.142. The largest absolute Gasteiger partial charge is 0.439 e. The summed E-state index contributed by atoms with van der Waals surface area (Å²) in [6, 6.07) is 0. The van der Waals surface area contributed by atoms with Gasteiger partial charge >= 0.3 is 26.5 Å². The van der Waals surface area contributed by atoms with E-state index in [2.05, 4.69) is 5.87 Å². The zero-order valence-electron chi connectivity index (χ0n) is 13.5. The van der Waals surface area contributed by atoms with Gasteiger partial charge in [-0.05, 0) is 30.5 Å². The van der Waals surface area contributed by atoms with Gasteiger partial charge in [0, 0.05) is 13.1 Å². The molecule has 0 radical (unpaired) electrons. The fourth-order valence-corrected chi connectivity index (χ4v) is 5.73. The first-order valence-electron chi connectivity index (χ1n) is 7.79. The van der Waals surface area contributed by atoms with Gasteiger partial charge in [-0.3, -0.25) is 4.55 Å². The van der Waals surface area contributed by atoms with Crippen LogP contribution in [0, 0.1) is 11.8 Å². The van der Waals surface area contributed by atoms with E-state index in [1.165, 1.54) is 0 Å². The predicted molar refractivity (Wildman–Crippen MR) is 83.3 cm³/mol. The number of alkyl halides is 6. The third kappa shape index (κ3) is 3.14. The van der Waals surface area contributed by atoms with Crippen LogP contribution < -0.4 is 0 Å². The summed E-state index contributed by atoms with van der Waals surface area (Å²) in [4.78, 5) is 0. The number of rotatable bonds is 5. The van der Waals surface area contributed by atoms with E-state index in [1.54, 1.807) is 0 Å². The van der Waals surface area contributed by atoms with Crippen molar-refractivity contribution in [1.29, 1.82) is 0 Å². The number of nitrogens with zero attached hydrogens (tertiary/aromatic N) is 1. The van der Waals surface area contributed by atoms with Crippen LogP contribution in [0.1, 0.15) is 32.1 Å². The molecule has 1 aliphatic heterocycles. The van der Waals surface area contributed by atoms with Gasteiger partial charge in [-0.2, -0.15) is 34.8 Å². The quantitative estimate of drug-likeness (QED) is 0.413. The maximum Gasteiger partial charge on any atom is 0.439 e. The van der Waals surface area contributed by atoms with Gasteiger partial charge in [0.15, 0.2) is 0 Å². The topological polar surface area (TPSA) is 74.7 Å². The molecular weight excluding hydrogens is 412 g/mol. The van der Waals surface area contributed by atoms with Crippen LogP contribution in [-0.2, 0) is 19.8 Å². The van der Waals surface area contributed by atoms with E-state index >= 15 is 0 Å². The van der Waals surface area contributed by atoms with Gasteiger partial charge in [0.1, 0.15) is 0 Å². The monoisotopic (exact) mass is 431 g/mol. The molecule has 2 rings (SSSR count). The summed E-state index contributed by atoms with van der Waals surface area (Å²) in [5.41, 5.74) is 0. The Morgan fingerprint density at radius 2 is 1.38 bits per heavy atom. The Morgan fingerprint density at radius 3 is 1.88 bits per heavy atom. The van der Waals surface area contributed by atoms with Crippen molar-refractivity contribution >= 4 is 25.7 Å². The van der Waals surface area contributed by atoms with Crippen molar-refractivity contribution < 1.29 is 43.5 Å². The second kappa shape index (κ2) is 6.52. The molecule has 13 heteroatoms. The van der Waals surface area contributed by atoms with Crippen molar-refractivity contribution in [3.05, 3.63) is 0 Å². The molecule has 1 aliphatic carbocycles. The molecule has 154 valence electrons. The Labute approximate surface area is 147 Å². The lowest BCUT2D eigenvalue weighted by Gasteiger charge is -2.44. The van der Waals surface area contributed by atoms with Gasteiger partial charge in [0.25, 0.3) is 0 Å². The molecule has 0 spiro atoms. The normalized spacial score (nSPS) is 29.0. The van der Waals surface area contributed by atoms with Gasteiger partial charge in [-0.15, -0.1) is 0 Å². The molecule has 2 fully saturated rings. The highest BCUT2D eigenvalue weighted by Crippen LogP contribution is 2.52. The maximum absolute atomic E-state index is 14.2. The summed E-state index contributed by atoms with van der Waals surface area (Å²) < 4.78 is 125. The first-order chi connectivity index (χ1) is 11.6. The fourth-order valence-electron chi connectivity index (χ4n) is 3.53. The fraction of sp³-hybridized carbons (Fsp3) is 0.923. The highest BCUT2D eigenvalue weighted by atomic mass is 32.2. The van der Waals surface area contributed by atoms with Crippen molar-refractivity contribution in [2.45, 2.75) is 48.5 Å². The first-order valence-corrected chi connectivity index (χ1v) is 10.9. The van der Waals surface area contributed by atoms with E-state index in [1.807, 2.05) is 0 Å². The predicted octanol–water partition coefficient (Wildman–Crippen LogP) is 2.84. The molecular formula is C13H19F6NO4S2. The van der Waals surface area contributed by atoms with E-state index in [0.29, 0.717) is 10.7 Å². The summed E-state index contributed by atoms with van der Waals surface area (Å²) >= 11 is 0. The Hall–Kier alpha value is -0.530. The summed E-state index contributed by atoms with van der Waals surface area (Å²) in [6.07, 6.45) is 3.38. The summed E-state index contributed by atoms with van der Waals surface area (Å²) in [6.45, 7) is -0.595. The lowest BCUT2D eigenvalue weighted by atomic mass is 9.76. The minimum Gasteiger partial charge on any atom is -0.281 e. The molecule has 0 aromatic heterocycles. The second-order valence-corrected chi connectivity index (χ2v) is 10.5. The Balaban J connectivity index is 2.37. The van der Waals surface area contributed by atoms with Gasteiger partial charge in [0.2, 0.25) is 0 Å². The van der Waals surface area contributed by atoms with E-state index in [9.17, 15) is 39.0 Å². The van der Waals surface area contributed by atoms with Gasteiger partial charge in [0.05, 0.1) is 9.71 Å². The van der Waals surface area contributed by atoms with Crippen LogP contribution in [0.3, 0.4) is 0 Å². The third-order valence-corrected chi connectivity index (χ3v) is 8.25. The molecule has 0 aromatic rings. The molecule has 2 aliphatic rings. The van der Waals surface area contributed by atoms with Crippen molar-refractivity contribution in [3.8, 4) is 0 Å². The minimum atomic E-state index is -6.89. The van der Waals surface area contributed by atoms with E-state index < -0.39 is 36.3 Å². The molecule has 26 heavy (non-hydrogen) atoms. The number of hydrogen-bond acceptors (Lipinski definition) is 3. The van der Waals surface area contributed by atoms with Crippen LogP contribution in [0.5, 0.6) is 0 Å². The highest BCUT2D eigenvalue weighted by Gasteiger charge is 2.80. The average molecular weight is 431 g/mol. The van der Waals surface area contributed by atoms with Crippen LogP contribution in [0.4, 0.5) is 26.3 Å². The number of fused-ring (bicyclic) bond motifs is 1. The zero-order chi connectivity index (χ0) is 20.2. The summed E-state index contributed by atoms with van der Waals surface area (Å²) in [5.74, 6) is -4.11. The number of hydrogen-bond donors (Lipinski definition) is 1. The first kappa shape index (κ1) is 21.8. The molecule has 0 bridgehead atoms. The highest BCUT2D eigenvalue weighted by molar-refractivity contribution is 7.99. The molecule has 3 atom stereocenters. The molecule has 1 N–H and O–H groups in total. The summed E-state index contributed by atoms with van der Waals surface area (Å²) in [5, 5.41) is -12.5.